The SMILES string of the molecule is C[C@H]1CCCN(c2cc(N3CCCC[C@H]3C)nc(NC(=S)NCC3(c4cccc(Cl)c4)CCCCC3)n2)C1. The average Bonchev–Trinajstić information content (AvgIpc) is 2.92. The Morgan fingerprint density at radius 1 is 1.00 bits per heavy atom. The molecule has 0 unspecified atom stereocenters. The van der Waals surface area contributed by atoms with Crippen molar-refractivity contribution in [3.8, 4) is 0 Å². The summed E-state index contributed by atoms with van der Waals surface area (Å²) in [5.41, 5.74) is 1.34. The lowest BCUT2D eigenvalue weighted by molar-refractivity contribution is 0.292. The van der Waals surface area contributed by atoms with Gasteiger partial charge >= 0.3 is 0 Å². The van der Waals surface area contributed by atoms with Gasteiger partial charge in [0.2, 0.25) is 5.95 Å². The van der Waals surface area contributed by atoms with E-state index in [0.29, 0.717) is 23.0 Å². The van der Waals surface area contributed by atoms with E-state index in [4.69, 9.17) is 33.8 Å². The lowest BCUT2D eigenvalue weighted by Gasteiger charge is -2.38. The molecule has 5 rings (SSSR count). The second-order valence-electron chi connectivity index (χ2n) is 11.8. The van der Waals surface area contributed by atoms with Crippen LogP contribution in [0.5, 0.6) is 0 Å². The Hall–Kier alpha value is -2.12. The fourth-order valence-corrected chi connectivity index (χ4v) is 6.99. The molecule has 2 aromatic rings. The van der Waals surface area contributed by atoms with E-state index in [1.54, 1.807) is 0 Å². The van der Waals surface area contributed by atoms with Crippen molar-refractivity contribution < 1.29 is 0 Å². The summed E-state index contributed by atoms with van der Waals surface area (Å²) in [6.07, 6.45) is 12.2. The van der Waals surface area contributed by atoms with Crippen LogP contribution < -0.4 is 20.4 Å². The normalized spacial score (nSPS) is 23.7. The van der Waals surface area contributed by atoms with E-state index < -0.39 is 0 Å². The highest BCUT2D eigenvalue weighted by Gasteiger charge is 2.34. The van der Waals surface area contributed by atoms with Gasteiger partial charge in [0, 0.05) is 48.7 Å². The molecule has 206 valence electrons. The summed E-state index contributed by atoms with van der Waals surface area (Å²) in [4.78, 5) is 14.8. The Kier molecular flexibility index (Phi) is 8.94. The minimum atomic E-state index is 0.0376. The number of rotatable bonds is 6. The van der Waals surface area contributed by atoms with Crippen LogP contribution >= 0.6 is 23.8 Å². The first-order chi connectivity index (χ1) is 18.4. The van der Waals surface area contributed by atoms with Crippen molar-refractivity contribution in [2.75, 3.05) is 41.3 Å². The van der Waals surface area contributed by atoms with Crippen molar-refractivity contribution in [2.45, 2.75) is 89.5 Å². The van der Waals surface area contributed by atoms with E-state index in [9.17, 15) is 0 Å². The maximum Gasteiger partial charge on any atom is 0.232 e. The molecule has 6 nitrogen and oxygen atoms in total. The number of anilines is 3. The predicted octanol–water partition coefficient (Wildman–Crippen LogP) is 6.93. The monoisotopic (exact) mass is 554 g/mol. The molecule has 2 atom stereocenters. The van der Waals surface area contributed by atoms with Crippen LogP contribution in [-0.4, -0.2) is 47.3 Å². The molecule has 3 aliphatic rings. The number of aromatic nitrogens is 2. The molecule has 1 aromatic carbocycles. The van der Waals surface area contributed by atoms with Gasteiger partial charge in [0.15, 0.2) is 5.11 Å². The van der Waals surface area contributed by atoms with Gasteiger partial charge in [0.1, 0.15) is 11.6 Å². The Bertz CT molecular complexity index is 1100. The van der Waals surface area contributed by atoms with Crippen LogP contribution in [0.15, 0.2) is 30.3 Å². The van der Waals surface area contributed by atoms with Crippen molar-refractivity contribution in [1.82, 2.24) is 15.3 Å². The standard InChI is InChI=1S/C30H43ClN6S/c1-22-10-9-16-36(20-22)26-19-27(37-17-7-4-11-23(37)2)34-28(33-26)35-29(38)32-21-30(14-5-3-6-15-30)24-12-8-13-25(31)18-24/h8,12-13,18-19,22-23H,3-7,9-11,14-17,20-21H2,1-2H3,(H2,32,33,34,35,38)/t22-,23+/m0/s1. The highest BCUT2D eigenvalue weighted by Crippen LogP contribution is 2.40. The molecular formula is C30H43ClN6S. The zero-order valence-electron chi connectivity index (χ0n) is 23.0. The molecule has 2 aliphatic heterocycles. The molecule has 0 radical (unpaired) electrons. The summed E-state index contributed by atoms with van der Waals surface area (Å²) < 4.78 is 0. The van der Waals surface area contributed by atoms with Gasteiger partial charge in [-0.1, -0.05) is 49.9 Å². The number of halogens is 1. The van der Waals surface area contributed by atoms with Crippen LogP contribution in [0.2, 0.25) is 5.02 Å². The highest BCUT2D eigenvalue weighted by atomic mass is 35.5. The fraction of sp³-hybridized carbons (Fsp3) is 0.633. The van der Waals surface area contributed by atoms with E-state index >= 15 is 0 Å². The Morgan fingerprint density at radius 2 is 1.82 bits per heavy atom. The molecule has 2 N–H and O–H groups in total. The third-order valence-corrected chi connectivity index (χ3v) is 9.32. The molecule has 3 heterocycles. The van der Waals surface area contributed by atoms with Gasteiger partial charge in [0.05, 0.1) is 0 Å². The van der Waals surface area contributed by atoms with Crippen molar-refractivity contribution in [3.63, 3.8) is 0 Å². The maximum atomic E-state index is 6.39. The van der Waals surface area contributed by atoms with E-state index in [0.717, 1.165) is 55.7 Å². The molecule has 8 heteroatoms. The zero-order chi connectivity index (χ0) is 26.5. The van der Waals surface area contributed by atoms with Crippen molar-refractivity contribution in [1.29, 1.82) is 0 Å². The van der Waals surface area contributed by atoms with Gasteiger partial charge in [-0.3, -0.25) is 0 Å². The number of thiocarbonyl (C=S) groups is 1. The van der Waals surface area contributed by atoms with Crippen LogP contribution in [0.4, 0.5) is 17.6 Å². The van der Waals surface area contributed by atoms with Crippen molar-refractivity contribution >= 4 is 46.5 Å². The fourth-order valence-electron chi connectivity index (χ4n) is 6.63. The molecular weight excluding hydrogens is 512 g/mol. The van der Waals surface area contributed by atoms with E-state index in [2.05, 4.69) is 58.5 Å². The summed E-state index contributed by atoms with van der Waals surface area (Å²) in [6.45, 7) is 8.54. The molecule has 38 heavy (non-hydrogen) atoms. The van der Waals surface area contributed by atoms with Crippen molar-refractivity contribution in [2.24, 2.45) is 5.92 Å². The summed E-state index contributed by atoms with van der Waals surface area (Å²) in [7, 11) is 0. The lowest BCUT2D eigenvalue weighted by Crippen LogP contribution is -2.44. The molecule has 2 saturated heterocycles. The van der Waals surface area contributed by atoms with Crippen LogP contribution in [0, 0.1) is 5.92 Å². The largest absolute Gasteiger partial charge is 0.361 e. The maximum absolute atomic E-state index is 6.39. The van der Waals surface area contributed by atoms with Gasteiger partial charge in [-0.15, -0.1) is 0 Å². The van der Waals surface area contributed by atoms with Crippen LogP contribution in [0.1, 0.15) is 83.6 Å². The summed E-state index contributed by atoms with van der Waals surface area (Å²) in [6, 6.07) is 11.0. The molecule has 3 fully saturated rings. The summed E-state index contributed by atoms with van der Waals surface area (Å²) in [5.74, 6) is 3.28. The van der Waals surface area contributed by atoms with E-state index in [-0.39, 0.29) is 5.41 Å². The zero-order valence-corrected chi connectivity index (χ0v) is 24.6. The highest BCUT2D eigenvalue weighted by molar-refractivity contribution is 7.80. The Morgan fingerprint density at radius 3 is 2.58 bits per heavy atom. The second-order valence-corrected chi connectivity index (χ2v) is 12.6. The first-order valence-electron chi connectivity index (χ1n) is 14.6. The van der Waals surface area contributed by atoms with Crippen LogP contribution in [-0.2, 0) is 5.41 Å². The Balaban J connectivity index is 1.34. The van der Waals surface area contributed by atoms with Crippen LogP contribution in [0.25, 0.3) is 0 Å². The van der Waals surface area contributed by atoms with E-state index in [1.807, 2.05) is 6.07 Å². The van der Waals surface area contributed by atoms with Gasteiger partial charge < -0.3 is 20.4 Å². The number of nitrogens with one attached hydrogen (secondary N) is 2. The first-order valence-corrected chi connectivity index (χ1v) is 15.4. The third-order valence-electron chi connectivity index (χ3n) is 8.84. The predicted molar refractivity (Wildman–Crippen MR) is 164 cm³/mol. The minimum absolute atomic E-state index is 0.0376. The first kappa shape index (κ1) is 27.4. The molecule has 1 aromatic heterocycles. The molecule has 0 amide bonds. The topological polar surface area (TPSA) is 56.3 Å². The van der Waals surface area contributed by atoms with Gasteiger partial charge in [-0.25, -0.2) is 0 Å². The number of nitrogens with zero attached hydrogens (tertiary/aromatic N) is 4. The van der Waals surface area contributed by atoms with Crippen molar-refractivity contribution in [3.05, 3.63) is 40.9 Å². The van der Waals surface area contributed by atoms with E-state index in [1.165, 1.54) is 56.9 Å². The number of hydrogen-bond acceptors (Lipinski definition) is 5. The number of piperidine rings is 2. The van der Waals surface area contributed by atoms with Gasteiger partial charge in [-0.05, 0) is 87.7 Å². The van der Waals surface area contributed by atoms with Gasteiger partial charge in [-0.2, -0.15) is 9.97 Å². The number of hydrogen-bond donors (Lipinski definition) is 2. The average molecular weight is 555 g/mol. The smallest absolute Gasteiger partial charge is 0.232 e. The quantitative estimate of drug-likeness (QED) is 0.375. The molecule has 1 saturated carbocycles. The summed E-state index contributed by atoms with van der Waals surface area (Å²) in [5, 5.41) is 8.29. The minimum Gasteiger partial charge on any atom is -0.361 e. The third kappa shape index (κ3) is 6.53. The molecule has 1 aliphatic carbocycles. The number of benzene rings is 1. The molecule has 0 spiro atoms. The molecule has 0 bridgehead atoms. The van der Waals surface area contributed by atoms with Gasteiger partial charge in [0.25, 0.3) is 0 Å². The summed E-state index contributed by atoms with van der Waals surface area (Å²) >= 11 is 12.2. The second kappa shape index (κ2) is 12.4. The van der Waals surface area contributed by atoms with Crippen LogP contribution in [0.3, 0.4) is 0 Å². The Labute approximate surface area is 238 Å². The lowest BCUT2D eigenvalue weighted by atomic mass is 9.69.